The van der Waals surface area contributed by atoms with E-state index in [0.717, 1.165) is 24.3 Å². The van der Waals surface area contributed by atoms with Crippen LogP contribution < -0.4 is 10.5 Å². The van der Waals surface area contributed by atoms with E-state index in [1.807, 2.05) is 4.72 Å². The number of hydrogen-bond acceptors (Lipinski definition) is 3. The molecule has 0 atom stereocenters. The Morgan fingerprint density at radius 3 is 2.25 bits per heavy atom. The number of anilines is 2. The predicted molar refractivity (Wildman–Crippen MR) is 73.0 cm³/mol. The lowest BCUT2D eigenvalue weighted by atomic mass is 10.3. The molecule has 0 fully saturated rings. The lowest BCUT2D eigenvalue weighted by Gasteiger charge is -2.11. The lowest BCUT2D eigenvalue weighted by Crippen LogP contribution is -2.15. The Morgan fingerprint density at radius 1 is 1.10 bits per heavy atom. The molecule has 0 bridgehead atoms. The third kappa shape index (κ3) is 2.83. The van der Waals surface area contributed by atoms with Crippen molar-refractivity contribution in [1.82, 2.24) is 0 Å². The Bertz CT molecular complexity index is 746. The zero-order chi connectivity index (χ0) is 14.9. The van der Waals surface area contributed by atoms with E-state index in [1.165, 1.54) is 12.1 Å². The summed E-state index contributed by atoms with van der Waals surface area (Å²) in [5.74, 6) is -2.06. The van der Waals surface area contributed by atoms with Crippen molar-refractivity contribution in [3.05, 3.63) is 53.1 Å². The van der Waals surface area contributed by atoms with Crippen molar-refractivity contribution >= 4 is 33.0 Å². The molecule has 0 spiro atoms. The Morgan fingerprint density at radius 2 is 1.70 bits per heavy atom. The highest BCUT2D eigenvalue weighted by Gasteiger charge is 2.21. The molecule has 2 rings (SSSR count). The Hall–Kier alpha value is -1.86. The second-order valence-electron chi connectivity index (χ2n) is 3.89. The van der Waals surface area contributed by atoms with Crippen LogP contribution in [-0.4, -0.2) is 8.42 Å². The average Bonchev–Trinajstić information content (AvgIpc) is 2.33. The van der Waals surface area contributed by atoms with Gasteiger partial charge in [0.15, 0.2) is 0 Å². The standard InChI is InChI=1S/C12H9ClF2N2O2S/c13-8-6-7(16)4-5-11(8)20(18,19)17-12-9(14)2-1-3-10(12)15/h1-6,17H,16H2. The predicted octanol–water partition coefficient (Wildman–Crippen LogP) is 3.00. The molecule has 0 radical (unpaired) electrons. The molecule has 0 saturated carbocycles. The summed E-state index contributed by atoms with van der Waals surface area (Å²) in [6, 6.07) is 6.69. The number of halogens is 3. The number of rotatable bonds is 3. The second kappa shape index (κ2) is 5.26. The van der Waals surface area contributed by atoms with Crippen molar-refractivity contribution in [2.45, 2.75) is 4.90 Å². The summed E-state index contributed by atoms with van der Waals surface area (Å²) < 4.78 is 52.8. The minimum absolute atomic E-state index is 0.144. The van der Waals surface area contributed by atoms with Crippen molar-refractivity contribution in [2.24, 2.45) is 0 Å². The van der Waals surface area contributed by atoms with Crippen LogP contribution in [0.3, 0.4) is 0 Å². The Balaban J connectivity index is 2.46. The maximum Gasteiger partial charge on any atom is 0.263 e. The van der Waals surface area contributed by atoms with Crippen molar-refractivity contribution in [3.8, 4) is 0 Å². The number of para-hydroxylation sites is 1. The molecule has 0 aromatic heterocycles. The van der Waals surface area contributed by atoms with Gasteiger partial charge >= 0.3 is 0 Å². The van der Waals surface area contributed by atoms with Gasteiger partial charge in [0.05, 0.1) is 5.02 Å². The highest BCUT2D eigenvalue weighted by molar-refractivity contribution is 7.92. The molecule has 0 aliphatic carbocycles. The van der Waals surface area contributed by atoms with Gasteiger partial charge in [0.1, 0.15) is 22.2 Å². The van der Waals surface area contributed by atoms with Gasteiger partial charge in [-0.05, 0) is 30.3 Å². The largest absolute Gasteiger partial charge is 0.399 e. The van der Waals surface area contributed by atoms with E-state index in [1.54, 1.807) is 0 Å². The number of benzene rings is 2. The van der Waals surface area contributed by atoms with Crippen LogP contribution >= 0.6 is 11.6 Å². The van der Waals surface area contributed by atoms with Crippen LogP contribution in [-0.2, 0) is 10.0 Å². The van der Waals surface area contributed by atoms with Crippen molar-refractivity contribution in [1.29, 1.82) is 0 Å². The van der Waals surface area contributed by atoms with Crippen molar-refractivity contribution in [3.63, 3.8) is 0 Å². The Labute approximate surface area is 119 Å². The molecule has 0 aliphatic rings. The number of nitrogens with two attached hydrogens (primary N) is 1. The molecular weight excluding hydrogens is 310 g/mol. The summed E-state index contributed by atoms with van der Waals surface area (Å²) in [4.78, 5) is -0.323. The normalized spacial score (nSPS) is 11.3. The summed E-state index contributed by atoms with van der Waals surface area (Å²) in [6.07, 6.45) is 0. The van der Waals surface area contributed by atoms with E-state index < -0.39 is 27.3 Å². The first kappa shape index (κ1) is 14.5. The van der Waals surface area contributed by atoms with Gasteiger partial charge in [-0.3, -0.25) is 4.72 Å². The van der Waals surface area contributed by atoms with Gasteiger partial charge in [-0.1, -0.05) is 17.7 Å². The van der Waals surface area contributed by atoms with Crippen LogP contribution in [0, 0.1) is 11.6 Å². The first-order chi connectivity index (χ1) is 9.31. The topological polar surface area (TPSA) is 72.2 Å². The van der Waals surface area contributed by atoms with E-state index in [-0.39, 0.29) is 15.6 Å². The van der Waals surface area contributed by atoms with Gasteiger partial charge in [-0.15, -0.1) is 0 Å². The fraction of sp³-hybridized carbons (Fsp3) is 0. The Kier molecular flexibility index (Phi) is 3.82. The summed E-state index contributed by atoms with van der Waals surface area (Å²) in [5, 5.41) is -0.144. The molecule has 3 N–H and O–H groups in total. The molecule has 0 heterocycles. The number of sulfonamides is 1. The molecule has 4 nitrogen and oxygen atoms in total. The fourth-order valence-corrected chi connectivity index (χ4v) is 3.15. The van der Waals surface area contributed by atoms with Crippen LogP contribution in [0.25, 0.3) is 0 Å². The molecule has 8 heteroatoms. The molecule has 0 saturated heterocycles. The van der Waals surface area contributed by atoms with E-state index in [2.05, 4.69) is 0 Å². The third-order valence-electron chi connectivity index (χ3n) is 2.44. The highest BCUT2D eigenvalue weighted by atomic mass is 35.5. The second-order valence-corrected chi connectivity index (χ2v) is 5.95. The smallest absolute Gasteiger partial charge is 0.263 e. The zero-order valence-electron chi connectivity index (χ0n) is 9.90. The monoisotopic (exact) mass is 318 g/mol. The van der Waals surface area contributed by atoms with Gasteiger partial charge in [-0.25, -0.2) is 17.2 Å². The maximum absolute atomic E-state index is 13.4. The fourth-order valence-electron chi connectivity index (χ4n) is 1.52. The average molecular weight is 319 g/mol. The van der Waals surface area contributed by atoms with Crippen LogP contribution in [0.15, 0.2) is 41.3 Å². The van der Waals surface area contributed by atoms with E-state index in [0.29, 0.717) is 0 Å². The lowest BCUT2D eigenvalue weighted by molar-refractivity contribution is 0.583. The summed E-state index contributed by atoms with van der Waals surface area (Å²) >= 11 is 5.77. The minimum Gasteiger partial charge on any atom is -0.399 e. The maximum atomic E-state index is 13.4. The van der Waals surface area contributed by atoms with E-state index in [4.69, 9.17) is 17.3 Å². The van der Waals surface area contributed by atoms with Gasteiger partial charge in [0, 0.05) is 5.69 Å². The summed E-state index contributed by atoms with van der Waals surface area (Å²) in [7, 11) is -4.22. The molecule has 0 amide bonds. The highest BCUT2D eigenvalue weighted by Crippen LogP contribution is 2.27. The van der Waals surface area contributed by atoms with Gasteiger partial charge in [0.2, 0.25) is 0 Å². The van der Waals surface area contributed by atoms with Gasteiger partial charge < -0.3 is 5.73 Å². The van der Waals surface area contributed by atoms with Crippen molar-refractivity contribution < 1.29 is 17.2 Å². The SMILES string of the molecule is Nc1ccc(S(=O)(=O)Nc2c(F)cccc2F)c(Cl)c1. The van der Waals surface area contributed by atoms with E-state index >= 15 is 0 Å². The molecule has 106 valence electrons. The van der Waals surface area contributed by atoms with Gasteiger partial charge in [-0.2, -0.15) is 0 Å². The summed E-state index contributed by atoms with van der Waals surface area (Å²) in [6.45, 7) is 0. The molecule has 2 aromatic rings. The third-order valence-corrected chi connectivity index (χ3v) is 4.28. The number of hydrogen-bond donors (Lipinski definition) is 2. The zero-order valence-corrected chi connectivity index (χ0v) is 11.5. The number of nitrogen functional groups attached to an aromatic ring is 1. The van der Waals surface area contributed by atoms with Crippen LogP contribution in [0.1, 0.15) is 0 Å². The quantitative estimate of drug-likeness (QED) is 0.854. The molecular formula is C12H9ClF2N2O2S. The number of nitrogens with one attached hydrogen (secondary N) is 1. The first-order valence-corrected chi connectivity index (χ1v) is 7.19. The van der Waals surface area contributed by atoms with Crippen LogP contribution in [0.5, 0.6) is 0 Å². The summed E-state index contributed by atoms with van der Waals surface area (Å²) in [5.41, 5.74) is 4.96. The minimum atomic E-state index is -4.22. The van der Waals surface area contributed by atoms with E-state index in [9.17, 15) is 17.2 Å². The molecule has 2 aromatic carbocycles. The van der Waals surface area contributed by atoms with Gasteiger partial charge in [0.25, 0.3) is 10.0 Å². The molecule has 0 unspecified atom stereocenters. The van der Waals surface area contributed by atoms with Crippen LogP contribution in [0.2, 0.25) is 5.02 Å². The van der Waals surface area contributed by atoms with Crippen molar-refractivity contribution in [2.75, 3.05) is 10.5 Å². The molecule has 0 aliphatic heterocycles. The molecule has 20 heavy (non-hydrogen) atoms. The van der Waals surface area contributed by atoms with Crippen LogP contribution in [0.4, 0.5) is 20.2 Å². The first-order valence-electron chi connectivity index (χ1n) is 5.33.